The van der Waals surface area contributed by atoms with Gasteiger partial charge in [0.25, 0.3) is 0 Å². The molecule has 0 aromatic heterocycles. The Hall–Kier alpha value is -2.03. The predicted molar refractivity (Wildman–Crippen MR) is 103 cm³/mol. The average molecular weight is 431 g/mol. The fraction of sp³-hybridized carbons (Fsp3) is 0.316. The maximum absolute atomic E-state index is 13.6. The molecule has 1 amide bonds. The van der Waals surface area contributed by atoms with Crippen LogP contribution in [0.5, 0.6) is 0 Å². The quantitative estimate of drug-likeness (QED) is 0.693. The monoisotopic (exact) mass is 430 g/mol. The number of hydrogen-bond donors (Lipinski definition) is 1. The molecule has 0 saturated heterocycles. The fourth-order valence-corrected chi connectivity index (χ4v) is 4.53. The number of halogens is 3. The van der Waals surface area contributed by atoms with Crippen LogP contribution in [-0.4, -0.2) is 24.7 Å². The smallest absolute Gasteiger partial charge is 0.244 e. The highest BCUT2D eigenvalue weighted by Gasteiger charge is 2.35. The van der Waals surface area contributed by atoms with Gasteiger partial charge in [-0.2, -0.15) is 4.31 Å². The van der Waals surface area contributed by atoms with E-state index < -0.39 is 40.2 Å². The molecule has 0 unspecified atom stereocenters. The Kier molecular flexibility index (Phi) is 7.14. The summed E-state index contributed by atoms with van der Waals surface area (Å²) in [4.78, 5) is 12.0. The SMILES string of the molecule is CC(C)C[C@H](C(N)=O)N(Cc1cc(F)cc(F)c1)S(=O)(=O)c1ccc(Cl)cc1. The van der Waals surface area contributed by atoms with E-state index in [1.807, 2.05) is 13.8 Å². The van der Waals surface area contributed by atoms with Gasteiger partial charge in [-0.1, -0.05) is 25.4 Å². The van der Waals surface area contributed by atoms with Crippen molar-refractivity contribution < 1.29 is 22.0 Å². The zero-order valence-electron chi connectivity index (χ0n) is 15.4. The molecule has 0 radical (unpaired) electrons. The molecule has 1 atom stereocenters. The first-order valence-electron chi connectivity index (χ1n) is 8.52. The molecule has 0 fully saturated rings. The number of benzene rings is 2. The summed E-state index contributed by atoms with van der Waals surface area (Å²) in [6.07, 6.45) is 0.153. The van der Waals surface area contributed by atoms with E-state index in [1.54, 1.807) is 0 Å². The molecule has 28 heavy (non-hydrogen) atoms. The van der Waals surface area contributed by atoms with E-state index in [2.05, 4.69) is 0 Å². The van der Waals surface area contributed by atoms with E-state index in [0.29, 0.717) is 11.1 Å². The first-order chi connectivity index (χ1) is 13.0. The van der Waals surface area contributed by atoms with Gasteiger partial charge in [-0.25, -0.2) is 17.2 Å². The topological polar surface area (TPSA) is 80.5 Å². The summed E-state index contributed by atoms with van der Waals surface area (Å²) >= 11 is 5.82. The molecule has 5 nitrogen and oxygen atoms in total. The molecule has 0 aliphatic heterocycles. The summed E-state index contributed by atoms with van der Waals surface area (Å²) in [5, 5.41) is 0.339. The summed E-state index contributed by atoms with van der Waals surface area (Å²) in [6, 6.07) is 6.91. The Bertz CT molecular complexity index is 930. The summed E-state index contributed by atoms with van der Waals surface area (Å²) in [5.41, 5.74) is 5.54. The molecule has 2 aromatic rings. The van der Waals surface area contributed by atoms with Crippen molar-refractivity contribution in [1.29, 1.82) is 0 Å². The van der Waals surface area contributed by atoms with Gasteiger partial charge in [-0.05, 0) is 54.3 Å². The summed E-state index contributed by atoms with van der Waals surface area (Å²) in [6.45, 7) is 3.20. The number of rotatable bonds is 8. The Morgan fingerprint density at radius 3 is 2.11 bits per heavy atom. The number of sulfonamides is 1. The van der Waals surface area contributed by atoms with Gasteiger partial charge in [0.05, 0.1) is 4.90 Å². The molecular weight excluding hydrogens is 410 g/mol. The zero-order chi connectivity index (χ0) is 21.1. The Balaban J connectivity index is 2.56. The number of amides is 1. The molecule has 152 valence electrons. The molecular formula is C19H21ClF2N2O3S. The molecule has 2 N–H and O–H groups in total. The van der Waals surface area contributed by atoms with E-state index >= 15 is 0 Å². The third-order valence-electron chi connectivity index (χ3n) is 4.05. The fourth-order valence-electron chi connectivity index (χ4n) is 2.81. The number of primary amides is 1. The third-order valence-corrected chi connectivity index (χ3v) is 6.17. The van der Waals surface area contributed by atoms with Gasteiger partial charge in [0, 0.05) is 17.6 Å². The lowest BCUT2D eigenvalue weighted by molar-refractivity contribution is -0.122. The van der Waals surface area contributed by atoms with Crippen LogP contribution in [0.2, 0.25) is 5.02 Å². The van der Waals surface area contributed by atoms with Crippen LogP contribution < -0.4 is 5.73 Å². The van der Waals surface area contributed by atoms with Crippen molar-refractivity contribution >= 4 is 27.5 Å². The highest BCUT2D eigenvalue weighted by atomic mass is 35.5. The van der Waals surface area contributed by atoms with Crippen LogP contribution in [0.1, 0.15) is 25.8 Å². The molecule has 2 aromatic carbocycles. The molecule has 9 heteroatoms. The number of carbonyl (C=O) groups is 1. The highest BCUT2D eigenvalue weighted by Crippen LogP contribution is 2.26. The van der Waals surface area contributed by atoms with Crippen LogP contribution in [0.25, 0.3) is 0 Å². The van der Waals surface area contributed by atoms with Crippen molar-refractivity contribution in [3.8, 4) is 0 Å². The van der Waals surface area contributed by atoms with Crippen molar-refractivity contribution in [3.05, 3.63) is 64.7 Å². The van der Waals surface area contributed by atoms with E-state index in [-0.39, 0.29) is 22.8 Å². The van der Waals surface area contributed by atoms with Gasteiger partial charge in [0.1, 0.15) is 17.7 Å². The minimum Gasteiger partial charge on any atom is -0.368 e. The van der Waals surface area contributed by atoms with E-state index in [1.165, 1.54) is 24.3 Å². The minimum atomic E-state index is -4.20. The molecule has 0 aliphatic carbocycles. The Labute approximate surface area is 168 Å². The van der Waals surface area contributed by atoms with Gasteiger partial charge < -0.3 is 5.73 Å². The van der Waals surface area contributed by atoms with Crippen LogP contribution in [-0.2, 0) is 21.4 Å². The maximum atomic E-state index is 13.6. The minimum absolute atomic E-state index is 0.0512. The molecule has 2 rings (SSSR count). The van der Waals surface area contributed by atoms with Gasteiger partial charge in [0.15, 0.2) is 0 Å². The second kappa shape index (κ2) is 8.98. The molecule has 0 bridgehead atoms. The van der Waals surface area contributed by atoms with Gasteiger partial charge in [0.2, 0.25) is 15.9 Å². The summed E-state index contributed by atoms with van der Waals surface area (Å²) in [5.74, 6) is -2.59. The summed E-state index contributed by atoms with van der Waals surface area (Å²) in [7, 11) is -4.20. The maximum Gasteiger partial charge on any atom is 0.244 e. The highest BCUT2D eigenvalue weighted by molar-refractivity contribution is 7.89. The standard InChI is InChI=1S/C19H21ClF2N2O3S/c1-12(2)7-18(19(23)25)24(11-13-8-15(21)10-16(22)9-13)28(26,27)17-5-3-14(20)4-6-17/h3-6,8-10,12,18H,7,11H2,1-2H3,(H2,23,25)/t18-/m1/s1. The largest absolute Gasteiger partial charge is 0.368 e. The number of hydrogen-bond acceptors (Lipinski definition) is 3. The molecule has 0 heterocycles. The first-order valence-corrected chi connectivity index (χ1v) is 10.3. The lowest BCUT2D eigenvalue weighted by Crippen LogP contribution is -2.48. The van der Waals surface area contributed by atoms with Crippen LogP contribution in [0.4, 0.5) is 8.78 Å². The van der Waals surface area contributed by atoms with Gasteiger partial charge in [-0.3, -0.25) is 4.79 Å². The van der Waals surface area contributed by atoms with E-state index in [0.717, 1.165) is 16.4 Å². The van der Waals surface area contributed by atoms with Crippen LogP contribution in [0.3, 0.4) is 0 Å². The molecule has 0 aliphatic rings. The van der Waals surface area contributed by atoms with Crippen molar-refractivity contribution in [2.45, 2.75) is 37.8 Å². The van der Waals surface area contributed by atoms with E-state index in [9.17, 15) is 22.0 Å². The van der Waals surface area contributed by atoms with Crippen molar-refractivity contribution in [2.24, 2.45) is 11.7 Å². The molecule has 0 saturated carbocycles. The zero-order valence-corrected chi connectivity index (χ0v) is 17.0. The number of nitrogens with zero attached hydrogens (tertiary/aromatic N) is 1. The Morgan fingerprint density at radius 1 is 1.11 bits per heavy atom. The number of carbonyl (C=O) groups excluding carboxylic acids is 1. The number of nitrogens with two attached hydrogens (primary N) is 1. The lowest BCUT2D eigenvalue weighted by atomic mass is 10.0. The van der Waals surface area contributed by atoms with Crippen molar-refractivity contribution in [2.75, 3.05) is 0 Å². The van der Waals surface area contributed by atoms with Gasteiger partial charge in [-0.15, -0.1) is 0 Å². The van der Waals surface area contributed by atoms with Crippen LogP contribution in [0, 0.1) is 17.6 Å². The average Bonchev–Trinajstić information content (AvgIpc) is 2.57. The van der Waals surface area contributed by atoms with Crippen LogP contribution in [0.15, 0.2) is 47.4 Å². The lowest BCUT2D eigenvalue weighted by Gasteiger charge is -2.30. The Morgan fingerprint density at radius 2 is 1.64 bits per heavy atom. The normalized spacial score (nSPS) is 13.1. The van der Waals surface area contributed by atoms with Crippen LogP contribution >= 0.6 is 11.6 Å². The second-order valence-electron chi connectivity index (χ2n) is 6.83. The van der Waals surface area contributed by atoms with Gasteiger partial charge >= 0.3 is 0 Å². The predicted octanol–water partition coefficient (Wildman–Crippen LogP) is 3.71. The first kappa shape index (κ1) is 22.3. The molecule has 0 spiro atoms. The van der Waals surface area contributed by atoms with Crippen molar-refractivity contribution in [1.82, 2.24) is 4.31 Å². The van der Waals surface area contributed by atoms with E-state index in [4.69, 9.17) is 17.3 Å². The summed E-state index contributed by atoms with van der Waals surface area (Å²) < 4.78 is 54.5. The van der Waals surface area contributed by atoms with Crippen molar-refractivity contribution in [3.63, 3.8) is 0 Å². The third kappa shape index (κ3) is 5.50. The second-order valence-corrected chi connectivity index (χ2v) is 9.16.